The molecule has 0 N–H and O–H groups in total. The Hall–Kier alpha value is -0.800. The van der Waals surface area contributed by atoms with Crippen molar-refractivity contribution < 1.29 is 13.2 Å². The van der Waals surface area contributed by atoms with Crippen LogP contribution < -0.4 is 0 Å². The maximum atomic E-state index is 12.0. The molecule has 0 amide bonds. The second-order valence-corrected chi connectivity index (χ2v) is 2.83. The molecule has 0 heterocycles. The maximum Gasteiger partial charge on any atom is 0.417 e. The monoisotopic (exact) mass is 288 g/mol. The summed E-state index contributed by atoms with van der Waals surface area (Å²) >= 11 is 2.81. The van der Waals surface area contributed by atoms with Crippen LogP contribution in [0.5, 0.6) is 0 Å². The Bertz CT molecular complexity index is 300. The second-order valence-electron chi connectivity index (χ2n) is 1.98. The Morgan fingerprint density at radius 3 is 1.79 bits per heavy atom. The first-order valence-corrected chi connectivity index (χ1v) is 3.83. The third kappa shape index (κ3) is 4.44. The molecule has 1 aromatic carbocycles. The number of hydrogen-bond acceptors (Lipinski definition) is 2. The number of rotatable bonds is 0. The summed E-state index contributed by atoms with van der Waals surface area (Å²) in [5.74, 6) is 0. The maximum absolute atomic E-state index is 12.0. The molecule has 1 aromatic rings. The minimum atomic E-state index is -4.26. The van der Waals surface area contributed by atoms with E-state index in [1.54, 1.807) is 6.07 Å². The largest absolute Gasteiger partial charge is 0.417 e. The van der Waals surface area contributed by atoms with Gasteiger partial charge in [0.1, 0.15) is 0 Å². The average Bonchev–Trinajstić information content (AvgIpc) is 2.07. The highest BCUT2D eigenvalue weighted by atomic mass is 79.9. The minimum absolute atomic E-state index is 0. The summed E-state index contributed by atoms with van der Waals surface area (Å²) < 4.78 is 36.1. The zero-order valence-electron chi connectivity index (χ0n) is 6.62. The molecule has 0 unspecified atom stereocenters. The summed E-state index contributed by atoms with van der Waals surface area (Å²) in [6, 6.07) is 5.29. The summed E-state index contributed by atoms with van der Waals surface area (Å²) in [6.07, 6.45) is -4.26. The van der Waals surface area contributed by atoms with Gasteiger partial charge in [-0.2, -0.15) is 13.2 Å². The van der Waals surface area contributed by atoms with Crippen LogP contribution in [0.4, 0.5) is 13.2 Å². The molecule has 0 radical (unpaired) electrons. The Morgan fingerprint density at radius 1 is 1.07 bits per heavy atom. The summed E-state index contributed by atoms with van der Waals surface area (Å²) in [5.41, 5.74) is -0.639. The van der Waals surface area contributed by atoms with Crippen LogP contribution in [0.1, 0.15) is 5.56 Å². The van der Waals surface area contributed by atoms with Crippen LogP contribution in [0.3, 0.4) is 0 Å². The van der Waals surface area contributed by atoms with Crippen molar-refractivity contribution in [3.05, 3.63) is 34.3 Å². The number of halogens is 5. The topological polar surface area (TPSA) is 47.6 Å². The fraction of sp³-hybridized carbons (Fsp3) is 0.143. The van der Waals surface area contributed by atoms with E-state index in [0.717, 1.165) is 6.07 Å². The molecular weight excluding hydrogens is 284 g/mol. The van der Waals surface area contributed by atoms with Crippen LogP contribution in [0, 0.1) is 10.8 Å². The van der Waals surface area contributed by atoms with Crippen LogP contribution in [-0.4, -0.2) is 0 Å². The predicted molar refractivity (Wildman–Crippen MR) is 49.8 cm³/mol. The molecule has 0 spiro atoms. The van der Waals surface area contributed by atoms with E-state index in [1.807, 2.05) is 0 Å². The summed E-state index contributed by atoms with van der Waals surface area (Å²) in [6.45, 7) is 0. The lowest BCUT2D eigenvalue weighted by Gasteiger charge is -2.07. The number of alkyl halides is 3. The molecule has 0 bridgehead atoms. The highest BCUT2D eigenvalue weighted by molar-refractivity contribution is 9.10. The second kappa shape index (κ2) is 6.62. The number of hydrogen-bond donors (Lipinski definition) is 0. The third-order valence-electron chi connectivity index (χ3n) is 1.18. The van der Waals surface area contributed by atoms with Gasteiger partial charge in [0.25, 0.3) is 0 Å². The fourth-order valence-electron chi connectivity index (χ4n) is 0.691. The van der Waals surface area contributed by atoms with Gasteiger partial charge >= 0.3 is 6.18 Å². The van der Waals surface area contributed by atoms with Gasteiger partial charge in [-0.1, -0.05) is 28.1 Å². The fourth-order valence-corrected chi connectivity index (χ4v) is 1.20. The number of benzene rings is 1. The first kappa shape index (κ1) is 15.7. The van der Waals surface area contributed by atoms with Crippen molar-refractivity contribution in [3.63, 3.8) is 0 Å². The molecule has 0 aromatic heterocycles. The first-order valence-electron chi connectivity index (χ1n) is 3.03. The van der Waals surface area contributed by atoms with Crippen molar-refractivity contribution in [2.45, 2.75) is 6.18 Å². The van der Waals surface area contributed by atoms with Crippen molar-refractivity contribution in [2.75, 3.05) is 0 Å². The van der Waals surface area contributed by atoms with Crippen LogP contribution >= 0.6 is 28.3 Å². The zero-order valence-corrected chi connectivity index (χ0v) is 9.03. The van der Waals surface area contributed by atoms with Crippen molar-refractivity contribution in [2.24, 2.45) is 0 Å². The standard InChI is InChI=1S/C7H4BrF3.ClH.N2/c8-6-4-2-1-3-5(6)7(9,10)11;;1-2/h1-4H;1H;. The molecule has 0 fully saturated rings. The lowest BCUT2D eigenvalue weighted by Crippen LogP contribution is -2.05. The van der Waals surface area contributed by atoms with Crippen LogP contribution in [-0.2, 0) is 6.18 Å². The van der Waals surface area contributed by atoms with Crippen molar-refractivity contribution in [1.82, 2.24) is 0 Å². The first-order chi connectivity index (χ1) is 6.02. The number of nitrogens with zero attached hydrogens (tertiary/aromatic N) is 2. The third-order valence-corrected chi connectivity index (χ3v) is 1.87. The molecule has 0 saturated heterocycles. The molecule has 78 valence electrons. The Labute approximate surface area is 93.1 Å². The van der Waals surface area contributed by atoms with Gasteiger partial charge in [-0.15, -0.1) is 12.4 Å². The van der Waals surface area contributed by atoms with Gasteiger partial charge in [0.2, 0.25) is 0 Å². The lowest BCUT2D eigenvalue weighted by atomic mass is 10.2. The average molecular weight is 289 g/mol. The molecule has 0 aliphatic rings. The van der Waals surface area contributed by atoms with Crippen LogP contribution in [0.15, 0.2) is 28.7 Å². The van der Waals surface area contributed by atoms with E-state index in [4.69, 9.17) is 10.8 Å². The van der Waals surface area contributed by atoms with Gasteiger partial charge in [-0.05, 0) is 12.1 Å². The highest BCUT2D eigenvalue weighted by Gasteiger charge is 2.32. The van der Waals surface area contributed by atoms with E-state index in [0.29, 0.717) is 0 Å². The molecule has 0 aliphatic carbocycles. The molecule has 14 heavy (non-hydrogen) atoms. The molecule has 0 atom stereocenters. The van der Waals surface area contributed by atoms with Gasteiger partial charge in [0.15, 0.2) is 0 Å². The van der Waals surface area contributed by atoms with E-state index in [2.05, 4.69) is 15.9 Å². The smallest absolute Gasteiger partial charge is 0.166 e. The summed E-state index contributed by atoms with van der Waals surface area (Å²) in [5, 5.41) is 12.0. The van der Waals surface area contributed by atoms with Crippen molar-refractivity contribution >= 4 is 28.3 Å². The van der Waals surface area contributed by atoms with E-state index in [-0.39, 0.29) is 16.9 Å². The quantitative estimate of drug-likeness (QED) is 0.680. The Balaban J connectivity index is 0. The van der Waals surface area contributed by atoms with Gasteiger partial charge in [0.05, 0.1) is 5.56 Å². The van der Waals surface area contributed by atoms with Crippen LogP contribution in [0.2, 0.25) is 0 Å². The summed E-state index contributed by atoms with van der Waals surface area (Å²) in [4.78, 5) is 0. The van der Waals surface area contributed by atoms with Crippen LogP contribution in [0.25, 0.3) is 0 Å². The van der Waals surface area contributed by atoms with E-state index < -0.39 is 11.7 Å². The minimum Gasteiger partial charge on any atom is -0.166 e. The van der Waals surface area contributed by atoms with Gasteiger partial charge < -0.3 is 0 Å². The molecular formula is C7H5BrClF3N2. The normalized spacial score (nSPS) is 9.29. The molecule has 0 aliphatic heterocycles. The van der Waals surface area contributed by atoms with Crippen molar-refractivity contribution in [1.29, 1.82) is 10.8 Å². The zero-order chi connectivity index (χ0) is 10.5. The van der Waals surface area contributed by atoms with E-state index in [9.17, 15) is 13.2 Å². The van der Waals surface area contributed by atoms with E-state index in [1.165, 1.54) is 12.1 Å². The van der Waals surface area contributed by atoms with Gasteiger partial charge in [-0.3, -0.25) is 0 Å². The van der Waals surface area contributed by atoms with Gasteiger partial charge in [0, 0.05) is 15.3 Å². The lowest BCUT2D eigenvalue weighted by molar-refractivity contribution is -0.138. The van der Waals surface area contributed by atoms with Crippen molar-refractivity contribution in [3.8, 4) is 0 Å². The Morgan fingerprint density at radius 2 is 1.50 bits per heavy atom. The molecule has 1 rings (SSSR count). The molecule has 0 saturated carbocycles. The SMILES string of the molecule is Cl.FC(F)(F)c1ccccc1Br.N#N. The van der Waals surface area contributed by atoms with Gasteiger partial charge in [-0.25, -0.2) is 0 Å². The molecule has 7 heteroatoms. The van der Waals surface area contributed by atoms with E-state index >= 15 is 0 Å². The predicted octanol–water partition coefficient (Wildman–Crippen LogP) is 3.92. The Kier molecular flexibility index (Phi) is 7.41. The highest BCUT2D eigenvalue weighted by Crippen LogP contribution is 2.34. The molecule has 2 nitrogen and oxygen atoms in total. The summed E-state index contributed by atoms with van der Waals surface area (Å²) in [7, 11) is 0.